The van der Waals surface area contributed by atoms with Crippen LogP contribution in [0.2, 0.25) is 0 Å². The summed E-state index contributed by atoms with van der Waals surface area (Å²) in [6.07, 6.45) is 0.600. The zero-order valence-electron chi connectivity index (χ0n) is 14.7. The Bertz CT molecular complexity index is 867. The molecule has 7 nitrogen and oxygen atoms in total. The van der Waals surface area contributed by atoms with E-state index in [0.717, 1.165) is 11.3 Å². The van der Waals surface area contributed by atoms with Gasteiger partial charge in [0, 0.05) is 42.2 Å². The van der Waals surface area contributed by atoms with Gasteiger partial charge in [-0.2, -0.15) is 0 Å². The van der Waals surface area contributed by atoms with Crippen LogP contribution >= 0.6 is 0 Å². The van der Waals surface area contributed by atoms with Crippen LogP contribution in [0.4, 0.5) is 5.69 Å². The van der Waals surface area contributed by atoms with Crippen LogP contribution in [-0.2, 0) is 24.9 Å². The first-order valence-corrected chi connectivity index (χ1v) is 8.33. The van der Waals surface area contributed by atoms with Crippen molar-refractivity contribution in [2.45, 2.75) is 45.7 Å². The quantitative estimate of drug-likeness (QED) is 0.683. The SMILES string of the molecule is CC(C)(C)c1nc2c(c(=O)[nH]1)CCN(Cc1ccccc1[N+](=O)[O-])C2. The Morgan fingerprint density at radius 3 is 2.72 bits per heavy atom. The van der Waals surface area contributed by atoms with Crippen molar-refractivity contribution in [2.75, 3.05) is 6.54 Å². The molecule has 0 spiro atoms. The van der Waals surface area contributed by atoms with E-state index in [4.69, 9.17) is 0 Å². The van der Waals surface area contributed by atoms with Crippen molar-refractivity contribution >= 4 is 5.69 Å². The predicted octanol–water partition coefficient (Wildman–Crippen LogP) is 2.53. The molecule has 1 aliphatic heterocycles. The lowest BCUT2D eigenvalue weighted by molar-refractivity contribution is -0.385. The van der Waals surface area contributed by atoms with E-state index >= 15 is 0 Å². The first-order valence-electron chi connectivity index (χ1n) is 8.33. The van der Waals surface area contributed by atoms with E-state index < -0.39 is 0 Å². The van der Waals surface area contributed by atoms with E-state index in [1.54, 1.807) is 18.2 Å². The van der Waals surface area contributed by atoms with Crippen molar-refractivity contribution in [3.8, 4) is 0 Å². The molecule has 1 aromatic heterocycles. The number of rotatable bonds is 3. The monoisotopic (exact) mass is 342 g/mol. The van der Waals surface area contributed by atoms with E-state index in [0.29, 0.717) is 37.4 Å². The van der Waals surface area contributed by atoms with E-state index in [2.05, 4.69) is 14.9 Å². The molecule has 0 aliphatic carbocycles. The number of nitrogens with zero attached hydrogens (tertiary/aromatic N) is 3. The number of H-pyrrole nitrogens is 1. The lowest BCUT2D eigenvalue weighted by Crippen LogP contribution is -2.36. The second-order valence-corrected chi connectivity index (χ2v) is 7.44. The number of benzene rings is 1. The second kappa shape index (κ2) is 6.40. The van der Waals surface area contributed by atoms with Crippen molar-refractivity contribution in [3.63, 3.8) is 0 Å². The van der Waals surface area contributed by atoms with Crippen molar-refractivity contribution in [2.24, 2.45) is 0 Å². The highest BCUT2D eigenvalue weighted by Crippen LogP contribution is 2.24. The Balaban J connectivity index is 1.88. The number of hydrogen-bond donors (Lipinski definition) is 1. The second-order valence-electron chi connectivity index (χ2n) is 7.44. The fourth-order valence-electron chi connectivity index (χ4n) is 3.05. The van der Waals surface area contributed by atoms with Gasteiger partial charge < -0.3 is 4.98 Å². The highest BCUT2D eigenvalue weighted by atomic mass is 16.6. The van der Waals surface area contributed by atoms with Crippen molar-refractivity contribution in [3.05, 3.63) is 67.4 Å². The molecule has 0 bridgehead atoms. The molecule has 132 valence electrons. The van der Waals surface area contributed by atoms with Crippen LogP contribution in [0, 0.1) is 10.1 Å². The van der Waals surface area contributed by atoms with E-state index in [1.165, 1.54) is 6.07 Å². The van der Waals surface area contributed by atoms with Gasteiger partial charge in [0.25, 0.3) is 11.2 Å². The lowest BCUT2D eigenvalue weighted by atomic mass is 9.95. The number of nitro benzene ring substituents is 1. The molecule has 0 unspecified atom stereocenters. The normalized spacial score (nSPS) is 15.0. The summed E-state index contributed by atoms with van der Waals surface area (Å²) in [4.78, 5) is 32.8. The van der Waals surface area contributed by atoms with E-state index in [-0.39, 0.29) is 21.6 Å². The number of nitro groups is 1. The number of fused-ring (bicyclic) bond motifs is 1. The van der Waals surface area contributed by atoms with Crippen LogP contribution in [0.5, 0.6) is 0 Å². The Morgan fingerprint density at radius 2 is 2.04 bits per heavy atom. The standard InChI is InChI=1S/C18H22N4O3/c1-18(2,3)17-19-14-11-21(9-8-13(14)16(23)20-17)10-12-6-4-5-7-15(12)22(24)25/h4-7H,8-11H2,1-3H3,(H,19,20,23). The molecule has 2 heterocycles. The Hall–Kier alpha value is -2.54. The first kappa shape index (κ1) is 17.3. The number of para-hydroxylation sites is 1. The van der Waals surface area contributed by atoms with Gasteiger partial charge in [0.1, 0.15) is 5.82 Å². The van der Waals surface area contributed by atoms with Crippen molar-refractivity contribution < 1.29 is 4.92 Å². The molecule has 0 amide bonds. The molecule has 1 aromatic carbocycles. The van der Waals surface area contributed by atoms with Crippen LogP contribution in [0.25, 0.3) is 0 Å². The van der Waals surface area contributed by atoms with Gasteiger partial charge in [0.05, 0.1) is 10.6 Å². The number of nitrogens with one attached hydrogen (secondary N) is 1. The van der Waals surface area contributed by atoms with Crippen LogP contribution in [-0.4, -0.2) is 26.3 Å². The Labute approximate surface area is 145 Å². The zero-order chi connectivity index (χ0) is 18.2. The molecule has 0 radical (unpaired) electrons. The maximum atomic E-state index is 12.3. The average molecular weight is 342 g/mol. The predicted molar refractivity (Wildman–Crippen MR) is 94.5 cm³/mol. The third kappa shape index (κ3) is 3.61. The van der Waals surface area contributed by atoms with Gasteiger partial charge in [0.15, 0.2) is 0 Å². The van der Waals surface area contributed by atoms with Gasteiger partial charge in [-0.05, 0) is 6.42 Å². The number of hydrogen-bond acceptors (Lipinski definition) is 5. The van der Waals surface area contributed by atoms with Crippen LogP contribution in [0.15, 0.2) is 29.1 Å². The summed E-state index contributed by atoms with van der Waals surface area (Å²) in [5.74, 6) is 0.670. The summed E-state index contributed by atoms with van der Waals surface area (Å²) in [5.41, 5.74) is 2.00. The molecule has 0 saturated carbocycles. The smallest absolute Gasteiger partial charge is 0.273 e. The number of aromatic nitrogens is 2. The molecular formula is C18H22N4O3. The topological polar surface area (TPSA) is 92.1 Å². The molecule has 3 rings (SSSR count). The third-order valence-corrected chi connectivity index (χ3v) is 4.45. The van der Waals surface area contributed by atoms with Crippen LogP contribution in [0.3, 0.4) is 0 Å². The van der Waals surface area contributed by atoms with Gasteiger partial charge in [-0.25, -0.2) is 4.98 Å². The summed E-state index contributed by atoms with van der Waals surface area (Å²) in [6.45, 7) is 7.69. The summed E-state index contributed by atoms with van der Waals surface area (Å²) >= 11 is 0. The Kier molecular flexibility index (Phi) is 4.43. The molecule has 1 aliphatic rings. The van der Waals surface area contributed by atoms with Gasteiger partial charge in [0.2, 0.25) is 0 Å². The van der Waals surface area contributed by atoms with Gasteiger partial charge in [-0.1, -0.05) is 39.0 Å². The molecule has 0 atom stereocenters. The fraction of sp³-hybridized carbons (Fsp3) is 0.444. The van der Waals surface area contributed by atoms with Gasteiger partial charge in [-0.15, -0.1) is 0 Å². The summed E-state index contributed by atoms with van der Waals surface area (Å²) in [6, 6.07) is 6.78. The summed E-state index contributed by atoms with van der Waals surface area (Å²) in [7, 11) is 0. The summed E-state index contributed by atoms with van der Waals surface area (Å²) in [5, 5.41) is 11.2. The van der Waals surface area contributed by atoms with Crippen LogP contribution in [0.1, 0.15) is 43.4 Å². The fourth-order valence-corrected chi connectivity index (χ4v) is 3.05. The Morgan fingerprint density at radius 1 is 1.32 bits per heavy atom. The molecule has 25 heavy (non-hydrogen) atoms. The lowest BCUT2D eigenvalue weighted by Gasteiger charge is -2.28. The van der Waals surface area contributed by atoms with Crippen molar-refractivity contribution in [1.82, 2.24) is 14.9 Å². The van der Waals surface area contributed by atoms with Gasteiger partial charge >= 0.3 is 0 Å². The van der Waals surface area contributed by atoms with Crippen LogP contribution < -0.4 is 5.56 Å². The minimum absolute atomic E-state index is 0.0692. The van der Waals surface area contributed by atoms with Gasteiger partial charge in [-0.3, -0.25) is 19.8 Å². The van der Waals surface area contributed by atoms with E-state index in [1.807, 2.05) is 20.8 Å². The highest BCUT2D eigenvalue weighted by Gasteiger charge is 2.26. The summed E-state index contributed by atoms with van der Waals surface area (Å²) < 4.78 is 0. The maximum absolute atomic E-state index is 12.3. The molecule has 0 fully saturated rings. The first-order chi connectivity index (χ1) is 11.8. The minimum Gasteiger partial charge on any atom is -0.310 e. The van der Waals surface area contributed by atoms with E-state index in [9.17, 15) is 14.9 Å². The van der Waals surface area contributed by atoms with Crippen molar-refractivity contribution in [1.29, 1.82) is 0 Å². The molecule has 1 N–H and O–H groups in total. The largest absolute Gasteiger partial charge is 0.310 e. The molecular weight excluding hydrogens is 320 g/mol. The molecule has 7 heteroatoms. The highest BCUT2D eigenvalue weighted by molar-refractivity contribution is 5.39. The average Bonchev–Trinajstić information content (AvgIpc) is 2.54. The number of aromatic amines is 1. The third-order valence-electron chi connectivity index (χ3n) is 4.45. The minimum atomic E-state index is -0.353. The molecule has 0 saturated heterocycles. The zero-order valence-corrected chi connectivity index (χ0v) is 14.7. The molecule has 2 aromatic rings. The maximum Gasteiger partial charge on any atom is 0.273 e.